The van der Waals surface area contributed by atoms with Crippen molar-refractivity contribution in [3.8, 4) is 0 Å². The Labute approximate surface area is 378 Å². The number of carboxylic acids is 3. The molecule has 1 saturated carbocycles. The first-order valence-electron chi connectivity index (χ1n) is 21.8. The number of carbonyl (C=O) groups excluding carboxylic acids is 7. The quantitative estimate of drug-likeness (QED) is 0.0369. The summed E-state index contributed by atoms with van der Waals surface area (Å²) in [6, 6.07) is -10.4. The molecular formula is C41H63F5N6O14. The Balaban J connectivity index is 3.47. The predicted octanol–water partition coefficient (Wildman–Crippen LogP) is 2.66. The number of alkyl halides is 5. The van der Waals surface area contributed by atoms with Crippen LogP contribution in [0.1, 0.15) is 131 Å². The van der Waals surface area contributed by atoms with Crippen LogP contribution in [0.15, 0.2) is 0 Å². The predicted molar refractivity (Wildman–Crippen MR) is 220 cm³/mol. The van der Waals surface area contributed by atoms with Crippen LogP contribution in [0.4, 0.5) is 22.0 Å². The fraction of sp³-hybridized carbons (Fsp3) is 0.756. The highest BCUT2D eigenvalue weighted by molar-refractivity contribution is 5.98. The smallest absolute Gasteiger partial charge is 0.461 e. The van der Waals surface area contributed by atoms with E-state index < -0.39 is 152 Å². The summed E-state index contributed by atoms with van der Waals surface area (Å²) in [6.07, 6.45) is -7.03. The molecule has 1 aliphatic rings. The second kappa shape index (κ2) is 27.9. The molecule has 0 aromatic heterocycles. The molecule has 66 heavy (non-hydrogen) atoms. The molecule has 1 rings (SSSR count). The molecule has 0 bridgehead atoms. The normalized spacial score (nSPS) is 16.5. The molecule has 0 spiro atoms. The first kappa shape index (κ1) is 58.5. The number of nitrogens with one attached hydrogen (secondary N) is 6. The monoisotopic (exact) mass is 958 g/mol. The minimum atomic E-state index is -6.24. The number of hydroxylamine groups is 1. The summed E-state index contributed by atoms with van der Waals surface area (Å²) >= 11 is 0. The van der Waals surface area contributed by atoms with Crippen molar-refractivity contribution in [1.82, 2.24) is 32.1 Å². The summed E-state index contributed by atoms with van der Waals surface area (Å²) < 4.78 is 67.9. The molecule has 0 aromatic carbocycles. The Hall–Kier alpha value is -5.49. The van der Waals surface area contributed by atoms with Crippen LogP contribution in [0.5, 0.6) is 0 Å². The van der Waals surface area contributed by atoms with E-state index in [0.717, 1.165) is 19.3 Å². The van der Waals surface area contributed by atoms with E-state index in [2.05, 4.69) is 26.1 Å². The van der Waals surface area contributed by atoms with Gasteiger partial charge in [-0.15, -0.1) is 5.48 Å². The molecule has 5 amide bonds. The molecule has 0 saturated heterocycles. The van der Waals surface area contributed by atoms with Gasteiger partial charge in [-0.25, -0.2) is 0 Å². The van der Waals surface area contributed by atoms with Crippen molar-refractivity contribution in [2.24, 2.45) is 17.8 Å². The second-order valence-electron chi connectivity index (χ2n) is 16.8. The van der Waals surface area contributed by atoms with E-state index in [1.807, 2.05) is 10.8 Å². The average molecular weight is 959 g/mol. The molecule has 0 radical (unpaired) electrons. The van der Waals surface area contributed by atoms with Crippen LogP contribution >= 0.6 is 0 Å². The van der Waals surface area contributed by atoms with E-state index in [9.17, 15) is 80.1 Å². The Kier molecular flexibility index (Phi) is 24.7. The van der Waals surface area contributed by atoms with Crippen LogP contribution in [0.25, 0.3) is 0 Å². The minimum Gasteiger partial charge on any atom is -0.481 e. The number of aliphatic carboxylic acids is 3. The van der Waals surface area contributed by atoms with Gasteiger partial charge in [-0.1, -0.05) is 79.6 Å². The highest BCUT2D eigenvalue weighted by Gasteiger charge is 2.64. The van der Waals surface area contributed by atoms with Gasteiger partial charge in [-0.2, -0.15) is 22.0 Å². The van der Waals surface area contributed by atoms with Gasteiger partial charge < -0.3 is 46.7 Å². The van der Waals surface area contributed by atoms with Crippen molar-refractivity contribution in [3.05, 3.63) is 0 Å². The maximum absolute atomic E-state index is 14.2. The summed E-state index contributed by atoms with van der Waals surface area (Å²) in [7, 11) is 0. The lowest BCUT2D eigenvalue weighted by Crippen LogP contribution is -2.61. The SMILES string of the molecule is CCCC(NC(=O)[C@H](CC1CCCCC1)NC(=O)[C@@H](NC(=O)[C@H](CC(C)C)NC(=O)[C@@H](CCC(=O)O)NC(=O)[C@H](CC(=O)O)NOC(=O)CCC(=O)O)C(C)CC)C(=O)C(F)(F)C(F)(F)F. The molecule has 0 aliphatic heterocycles. The molecule has 7 atom stereocenters. The summed E-state index contributed by atoms with van der Waals surface area (Å²) in [5.41, 5.74) is 1.89. The van der Waals surface area contributed by atoms with Crippen LogP contribution in [-0.4, -0.2) is 123 Å². The van der Waals surface area contributed by atoms with E-state index in [-0.39, 0.29) is 37.5 Å². The summed E-state index contributed by atoms with van der Waals surface area (Å²) in [5.74, 6) is -20.7. The lowest BCUT2D eigenvalue weighted by Gasteiger charge is -2.32. The van der Waals surface area contributed by atoms with Crippen molar-refractivity contribution < 1.29 is 90.1 Å². The summed E-state index contributed by atoms with van der Waals surface area (Å²) in [4.78, 5) is 132. The minimum absolute atomic E-state index is 0.0791. The van der Waals surface area contributed by atoms with E-state index in [1.165, 1.54) is 6.92 Å². The van der Waals surface area contributed by atoms with Gasteiger partial charge >= 0.3 is 36.0 Å². The fourth-order valence-corrected chi connectivity index (χ4v) is 6.94. The van der Waals surface area contributed by atoms with Gasteiger partial charge in [0.2, 0.25) is 35.3 Å². The molecule has 0 heterocycles. The third kappa shape index (κ3) is 20.4. The highest BCUT2D eigenvalue weighted by atomic mass is 19.4. The van der Waals surface area contributed by atoms with Crippen LogP contribution in [0.2, 0.25) is 0 Å². The fourth-order valence-electron chi connectivity index (χ4n) is 6.94. The molecule has 25 heteroatoms. The molecule has 2 unspecified atom stereocenters. The lowest BCUT2D eigenvalue weighted by atomic mass is 9.84. The zero-order valence-electron chi connectivity index (χ0n) is 37.5. The number of hydrogen-bond donors (Lipinski definition) is 9. The van der Waals surface area contributed by atoms with Crippen molar-refractivity contribution in [1.29, 1.82) is 0 Å². The second-order valence-corrected chi connectivity index (χ2v) is 16.8. The third-order valence-electron chi connectivity index (χ3n) is 10.8. The zero-order chi connectivity index (χ0) is 50.5. The van der Waals surface area contributed by atoms with Gasteiger partial charge in [0.25, 0.3) is 0 Å². The average Bonchev–Trinajstić information content (AvgIpc) is 3.22. The van der Waals surface area contributed by atoms with Gasteiger partial charge in [0.1, 0.15) is 30.2 Å². The van der Waals surface area contributed by atoms with Crippen LogP contribution in [-0.2, 0) is 52.8 Å². The zero-order valence-corrected chi connectivity index (χ0v) is 37.5. The summed E-state index contributed by atoms with van der Waals surface area (Å²) in [6.45, 7) is 7.91. The van der Waals surface area contributed by atoms with Gasteiger partial charge in [0.05, 0.1) is 25.3 Å². The van der Waals surface area contributed by atoms with Gasteiger partial charge in [0, 0.05) is 6.42 Å². The number of rotatable bonds is 30. The largest absolute Gasteiger partial charge is 0.481 e. The van der Waals surface area contributed by atoms with Crippen LogP contribution < -0.4 is 32.1 Å². The number of ketones is 1. The standard InChI is InChI=1S/C41H63F5N6O14/c1-6-11-24(34(60)40(42,43)41(44,45)46)47-36(62)27(19-23-12-9-8-10-13-23)50-39(65)33(22(5)7-2)51-37(63)26(18-21(3)4)49-35(61)25(14-15-29(53)54)48-38(64)28(20-31(57)58)52-66-32(59)17-16-30(55)56/h21-28,33,52H,6-20H2,1-5H3,(H,47,62)(H,48,64)(H,49,61)(H,50,65)(H,51,63)(H,53,54)(H,55,56)(H,57,58)/t22?,24?,25-,26+,27+,28+,33+/m1/s1. The van der Waals surface area contributed by atoms with Gasteiger partial charge in [-0.3, -0.25) is 47.9 Å². The van der Waals surface area contributed by atoms with Crippen molar-refractivity contribution >= 4 is 59.2 Å². The number of halogens is 5. The molecule has 1 fully saturated rings. The number of carboxylic acid groups (broad SMARTS) is 3. The van der Waals surface area contributed by atoms with Crippen molar-refractivity contribution in [2.75, 3.05) is 0 Å². The van der Waals surface area contributed by atoms with Crippen molar-refractivity contribution in [2.45, 2.75) is 179 Å². The molecule has 376 valence electrons. The van der Waals surface area contributed by atoms with Gasteiger partial charge in [-0.05, 0) is 43.4 Å². The lowest BCUT2D eigenvalue weighted by molar-refractivity contribution is -0.269. The van der Waals surface area contributed by atoms with Crippen molar-refractivity contribution in [3.63, 3.8) is 0 Å². The maximum atomic E-state index is 14.2. The number of Topliss-reactive ketones (excluding diaryl/α,β-unsaturated/α-hetero) is 1. The van der Waals surface area contributed by atoms with E-state index in [0.29, 0.717) is 12.8 Å². The first-order chi connectivity index (χ1) is 30.6. The Bertz CT molecular complexity index is 1710. The summed E-state index contributed by atoms with van der Waals surface area (Å²) in [5, 5.41) is 39.1. The molecule has 1 aliphatic carbocycles. The Morgan fingerprint density at radius 2 is 1.12 bits per heavy atom. The van der Waals surface area contributed by atoms with Crippen LogP contribution in [0.3, 0.4) is 0 Å². The highest BCUT2D eigenvalue weighted by Crippen LogP contribution is 2.37. The molecule has 9 N–H and O–H groups in total. The number of carbonyl (C=O) groups is 10. The molecular weight excluding hydrogens is 895 g/mol. The maximum Gasteiger partial charge on any atom is 0.461 e. The van der Waals surface area contributed by atoms with Crippen LogP contribution in [0, 0.1) is 17.8 Å². The van der Waals surface area contributed by atoms with Gasteiger partial charge in [0.15, 0.2) is 0 Å². The number of amides is 5. The number of hydrogen-bond acceptors (Lipinski definition) is 12. The first-order valence-corrected chi connectivity index (χ1v) is 21.8. The topological polar surface area (TPSA) is 313 Å². The molecule has 20 nitrogen and oxygen atoms in total. The third-order valence-corrected chi connectivity index (χ3v) is 10.8. The van der Waals surface area contributed by atoms with E-state index in [4.69, 9.17) is 5.11 Å². The molecule has 0 aromatic rings. The van der Waals surface area contributed by atoms with E-state index in [1.54, 1.807) is 27.7 Å². The van der Waals surface area contributed by atoms with E-state index >= 15 is 0 Å². The Morgan fingerprint density at radius 3 is 1.64 bits per heavy atom. The Morgan fingerprint density at radius 1 is 0.606 bits per heavy atom.